The Morgan fingerprint density at radius 3 is 2.57 bits per heavy atom. The molecule has 0 radical (unpaired) electrons. The van der Waals surface area contributed by atoms with Crippen LogP contribution in [0.4, 0.5) is 0 Å². The quantitative estimate of drug-likeness (QED) is 0.460. The lowest BCUT2D eigenvalue weighted by Gasteiger charge is -2.24. The van der Waals surface area contributed by atoms with Gasteiger partial charge in [0.1, 0.15) is 5.75 Å². The van der Waals surface area contributed by atoms with Crippen LogP contribution in [0.1, 0.15) is 33.3 Å². The number of nitrogens with zero attached hydrogens (tertiary/aromatic N) is 2. The maximum atomic E-state index is 5.42. The SMILES string of the molecule is CCNC(=NCCNC(C)(C)C)N(C)Cc1ccccc1OC. The first-order valence-corrected chi connectivity index (χ1v) is 8.23. The van der Waals surface area contributed by atoms with E-state index in [-0.39, 0.29) is 5.54 Å². The van der Waals surface area contributed by atoms with Gasteiger partial charge in [-0.2, -0.15) is 0 Å². The highest BCUT2D eigenvalue weighted by Gasteiger charge is 2.10. The van der Waals surface area contributed by atoms with Gasteiger partial charge >= 0.3 is 0 Å². The fourth-order valence-corrected chi connectivity index (χ4v) is 2.23. The van der Waals surface area contributed by atoms with Crippen molar-refractivity contribution in [2.24, 2.45) is 4.99 Å². The van der Waals surface area contributed by atoms with Gasteiger partial charge in [0.2, 0.25) is 0 Å². The molecule has 0 aromatic heterocycles. The fourth-order valence-electron chi connectivity index (χ4n) is 2.23. The van der Waals surface area contributed by atoms with Gasteiger partial charge in [0.15, 0.2) is 5.96 Å². The largest absolute Gasteiger partial charge is 0.496 e. The number of nitrogens with one attached hydrogen (secondary N) is 2. The molecule has 1 rings (SSSR count). The molecule has 0 saturated heterocycles. The van der Waals surface area contributed by atoms with Crippen molar-refractivity contribution < 1.29 is 4.74 Å². The zero-order valence-electron chi connectivity index (χ0n) is 15.4. The van der Waals surface area contributed by atoms with Crippen molar-refractivity contribution in [3.63, 3.8) is 0 Å². The van der Waals surface area contributed by atoms with Gasteiger partial charge in [-0.3, -0.25) is 4.99 Å². The molecule has 1 aromatic rings. The average molecular weight is 320 g/mol. The van der Waals surface area contributed by atoms with Gasteiger partial charge in [0.25, 0.3) is 0 Å². The van der Waals surface area contributed by atoms with E-state index in [1.165, 1.54) is 0 Å². The first-order chi connectivity index (χ1) is 10.9. The van der Waals surface area contributed by atoms with Crippen LogP contribution in [0.15, 0.2) is 29.3 Å². The Hall–Kier alpha value is -1.75. The summed E-state index contributed by atoms with van der Waals surface area (Å²) in [5, 5.41) is 6.80. The summed E-state index contributed by atoms with van der Waals surface area (Å²) in [5.74, 6) is 1.82. The zero-order chi connectivity index (χ0) is 17.3. The van der Waals surface area contributed by atoms with Crippen molar-refractivity contribution in [1.82, 2.24) is 15.5 Å². The van der Waals surface area contributed by atoms with E-state index in [0.717, 1.165) is 43.5 Å². The topological polar surface area (TPSA) is 48.9 Å². The standard InChI is InChI=1S/C18H32N4O/c1-7-19-17(20-12-13-21-18(2,3)4)22(5)14-15-10-8-9-11-16(15)23-6/h8-11,21H,7,12-14H2,1-6H3,(H,19,20). The summed E-state index contributed by atoms with van der Waals surface area (Å²) in [7, 11) is 3.75. The highest BCUT2D eigenvalue weighted by atomic mass is 16.5. The highest BCUT2D eigenvalue weighted by molar-refractivity contribution is 5.79. The third kappa shape index (κ3) is 7.37. The minimum atomic E-state index is 0.122. The Balaban J connectivity index is 2.68. The maximum absolute atomic E-state index is 5.42. The number of para-hydroxylation sites is 1. The smallest absolute Gasteiger partial charge is 0.194 e. The molecule has 0 atom stereocenters. The molecule has 5 heteroatoms. The van der Waals surface area contributed by atoms with Gasteiger partial charge in [-0.05, 0) is 33.8 Å². The van der Waals surface area contributed by atoms with E-state index in [9.17, 15) is 0 Å². The van der Waals surface area contributed by atoms with Crippen molar-refractivity contribution in [2.45, 2.75) is 39.8 Å². The molecule has 5 nitrogen and oxygen atoms in total. The van der Waals surface area contributed by atoms with Crippen LogP contribution in [0, 0.1) is 0 Å². The van der Waals surface area contributed by atoms with Crippen molar-refractivity contribution in [3.05, 3.63) is 29.8 Å². The summed E-state index contributed by atoms with van der Waals surface area (Å²) in [6.07, 6.45) is 0. The predicted molar refractivity (Wildman–Crippen MR) is 98.2 cm³/mol. The first-order valence-electron chi connectivity index (χ1n) is 8.23. The second-order valence-electron chi connectivity index (χ2n) is 6.58. The van der Waals surface area contributed by atoms with Gasteiger partial charge in [0.05, 0.1) is 13.7 Å². The van der Waals surface area contributed by atoms with Crippen LogP contribution in [-0.4, -0.2) is 50.2 Å². The molecule has 0 aliphatic heterocycles. The Kier molecular flexibility index (Phi) is 7.89. The second-order valence-corrected chi connectivity index (χ2v) is 6.58. The van der Waals surface area contributed by atoms with Gasteiger partial charge in [-0.15, -0.1) is 0 Å². The molecule has 0 bridgehead atoms. The van der Waals surface area contributed by atoms with Gasteiger partial charge in [-0.1, -0.05) is 18.2 Å². The van der Waals surface area contributed by atoms with Crippen LogP contribution in [-0.2, 0) is 6.54 Å². The number of hydrogen-bond acceptors (Lipinski definition) is 3. The molecule has 0 unspecified atom stereocenters. The summed E-state index contributed by atoms with van der Waals surface area (Å²) in [5.41, 5.74) is 1.27. The van der Waals surface area contributed by atoms with Crippen LogP contribution in [0.25, 0.3) is 0 Å². The van der Waals surface area contributed by atoms with Gasteiger partial charge in [0, 0.05) is 37.8 Å². The van der Waals surface area contributed by atoms with E-state index >= 15 is 0 Å². The minimum absolute atomic E-state index is 0.122. The number of guanidine groups is 1. The van der Waals surface area contributed by atoms with Crippen LogP contribution < -0.4 is 15.4 Å². The fraction of sp³-hybridized carbons (Fsp3) is 0.611. The van der Waals surface area contributed by atoms with Crippen LogP contribution in [0.3, 0.4) is 0 Å². The number of methoxy groups -OCH3 is 1. The molecular weight excluding hydrogens is 288 g/mol. The molecule has 130 valence electrons. The lowest BCUT2D eigenvalue weighted by molar-refractivity contribution is 0.395. The maximum Gasteiger partial charge on any atom is 0.194 e. The zero-order valence-corrected chi connectivity index (χ0v) is 15.4. The van der Waals surface area contributed by atoms with Crippen molar-refractivity contribution in [2.75, 3.05) is 33.8 Å². The number of hydrogen-bond donors (Lipinski definition) is 2. The Labute approximate surface area is 141 Å². The lowest BCUT2D eigenvalue weighted by Crippen LogP contribution is -2.40. The van der Waals surface area contributed by atoms with E-state index in [2.05, 4.69) is 49.3 Å². The number of benzene rings is 1. The average Bonchev–Trinajstić information content (AvgIpc) is 2.49. The molecule has 0 amide bonds. The molecule has 1 aromatic carbocycles. The van der Waals surface area contributed by atoms with Crippen molar-refractivity contribution >= 4 is 5.96 Å². The number of rotatable bonds is 7. The molecule has 0 heterocycles. The molecule has 0 fully saturated rings. The Morgan fingerprint density at radius 1 is 1.26 bits per heavy atom. The number of ether oxygens (including phenoxy) is 1. The summed E-state index contributed by atoms with van der Waals surface area (Å²) in [6, 6.07) is 8.09. The van der Waals surface area contributed by atoms with E-state index in [1.807, 2.05) is 25.2 Å². The molecule has 0 aliphatic carbocycles. The molecule has 23 heavy (non-hydrogen) atoms. The Bertz CT molecular complexity index is 494. The van der Waals surface area contributed by atoms with E-state index < -0.39 is 0 Å². The number of aliphatic imine (C=N–C) groups is 1. The summed E-state index contributed by atoms with van der Waals surface area (Å²) < 4.78 is 5.42. The Morgan fingerprint density at radius 2 is 1.96 bits per heavy atom. The molecule has 2 N–H and O–H groups in total. The lowest BCUT2D eigenvalue weighted by atomic mass is 10.1. The molecule has 0 saturated carbocycles. The molecule has 0 aliphatic rings. The predicted octanol–water partition coefficient (Wildman–Crippen LogP) is 2.48. The van der Waals surface area contributed by atoms with Crippen molar-refractivity contribution in [3.8, 4) is 5.75 Å². The third-order valence-corrected chi connectivity index (χ3v) is 3.33. The monoisotopic (exact) mass is 320 g/mol. The van der Waals surface area contributed by atoms with Crippen LogP contribution in [0.5, 0.6) is 5.75 Å². The normalized spacial score (nSPS) is 12.2. The second kappa shape index (κ2) is 9.40. The summed E-state index contributed by atoms with van der Waals surface area (Å²) in [4.78, 5) is 6.82. The van der Waals surface area contributed by atoms with E-state index in [0.29, 0.717) is 0 Å². The van der Waals surface area contributed by atoms with E-state index in [4.69, 9.17) is 9.73 Å². The van der Waals surface area contributed by atoms with Crippen LogP contribution >= 0.6 is 0 Å². The van der Waals surface area contributed by atoms with E-state index in [1.54, 1.807) is 7.11 Å². The molecular formula is C18H32N4O. The minimum Gasteiger partial charge on any atom is -0.496 e. The first kappa shape index (κ1) is 19.3. The highest BCUT2D eigenvalue weighted by Crippen LogP contribution is 2.18. The molecule has 0 spiro atoms. The van der Waals surface area contributed by atoms with Crippen LogP contribution in [0.2, 0.25) is 0 Å². The van der Waals surface area contributed by atoms with Gasteiger partial charge in [-0.25, -0.2) is 0 Å². The van der Waals surface area contributed by atoms with Crippen molar-refractivity contribution in [1.29, 1.82) is 0 Å². The van der Waals surface area contributed by atoms with Gasteiger partial charge < -0.3 is 20.3 Å². The summed E-state index contributed by atoms with van der Waals surface area (Å²) in [6.45, 7) is 11.8. The third-order valence-electron chi connectivity index (χ3n) is 3.33. The summed E-state index contributed by atoms with van der Waals surface area (Å²) >= 11 is 0.